The van der Waals surface area contributed by atoms with Gasteiger partial charge in [0.2, 0.25) is 0 Å². The smallest absolute Gasteiger partial charge is 0.348 e. The molecular formula is C20H10O5. The van der Waals surface area contributed by atoms with Crippen molar-refractivity contribution in [3.05, 3.63) is 81.7 Å². The van der Waals surface area contributed by atoms with Gasteiger partial charge in [-0.05, 0) is 24.3 Å². The maximum Gasteiger partial charge on any atom is 0.348 e. The zero-order valence-corrected chi connectivity index (χ0v) is 12.8. The van der Waals surface area contributed by atoms with Crippen molar-refractivity contribution in [2.75, 3.05) is 0 Å². The Labute approximate surface area is 139 Å². The molecule has 0 unspecified atom stereocenters. The van der Waals surface area contributed by atoms with E-state index in [1.165, 1.54) is 6.26 Å². The van der Waals surface area contributed by atoms with Crippen LogP contribution in [0.4, 0.5) is 0 Å². The highest BCUT2D eigenvalue weighted by Crippen LogP contribution is 2.32. The average Bonchev–Trinajstić information content (AvgIpc) is 3.07. The SMILES string of the molecule is O=c1oc2ccccc2cc1-c1coc2c1c(=O)oc1ccccc12. The van der Waals surface area contributed by atoms with Gasteiger partial charge in [-0.25, -0.2) is 9.59 Å². The van der Waals surface area contributed by atoms with Gasteiger partial charge in [-0.2, -0.15) is 0 Å². The molecule has 5 nitrogen and oxygen atoms in total. The van der Waals surface area contributed by atoms with Crippen molar-refractivity contribution in [3.8, 4) is 11.1 Å². The summed E-state index contributed by atoms with van der Waals surface area (Å²) < 4.78 is 16.4. The van der Waals surface area contributed by atoms with Gasteiger partial charge in [0.15, 0.2) is 5.58 Å². The molecule has 5 heteroatoms. The fourth-order valence-corrected chi connectivity index (χ4v) is 3.10. The fourth-order valence-electron chi connectivity index (χ4n) is 3.10. The lowest BCUT2D eigenvalue weighted by molar-refractivity contribution is 0.563. The first-order valence-corrected chi connectivity index (χ1v) is 7.69. The third-order valence-corrected chi connectivity index (χ3v) is 4.26. The molecule has 0 amide bonds. The summed E-state index contributed by atoms with van der Waals surface area (Å²) in [6.07, 6.45) is 1.40. The highest BCUT2D eigenvalue weighted by atomic mass is 16.4. The monoisotopic (exact) mass is 330 g/mol. The summed E-state index contributed by atoms with van der Waals surface area (Å²) in [5.74, 6) is 0. The Morgan fingerprint density at radius 3 is 2.32 bits per heavy atom. The van der Waals surface area contributed by atoms with E-state index in [4.69, 9.17) is 13.3 Å². The van der Waals surface area contributed by atoms with Crippen molar-refractivity contribution in [3.63, 3.8) is 0 Å². The van der Waals surface area contributed by atoms with Gasteiger partial charge in [0, 0.05) is 10.9 Å². The maximum absolute atomic E-state index is 12.5. The number of furan rings is 1. The highest BCUT2D eigenvalue weighted by molar-refractivity contribution is 6.06. The number of para-hydroxylation sites is 2. The van der Waals surface area contributed by atoms with Gasteiger partial charge in [-0.1, -0.05) is 30.3 Å². The molecule has 25 heavy (non-hydrogen) atoms. The minimum absolute atomic E-state index is 0.237. The van der Waals surface area contributed by atoms with Crippen LogP contribution in [0.2, 0.25) is 0 Å². The van der Waals surface area contributed by atoms with Crippen LogP contribution in [-0.4, -0.2) is 0 Å². The van der Waals surface area contributed by atoms with Crippen LogP contribution in [0, 0.1) is 0 Å². The minimum atomic E-state index is -0.551. The Balaban J connectivity index is 1.91. The molecule has 0 radical (unpaired) electrons. The van der Waals surface area contributed by atoms with E-state index in [9.17, 15) is 9.59 Å². The van der Waals surface area contributed by atoms with Crippen LogP contribution in [0.3, 0.4) is 0 Å². The fraction of sp³-hybridized carbons (Fsp3) is 0. The Bertz CT molecular complexity index is 1380. The normalized spacial score (nSPS) is 11.5. The van der Waals surface area contributed by atoms with Crippen molar-refractivity contribution in [1.29, 1.82) is 0 Å². The second kappa shape index (κ2) is 4.95. The molecule has 120 valence electrons. The largest absolute Gasteiger partial charge is 0.463 e. The van der Waals surface area contributed by atoms with Crippen molar-refractivity contribution < 1.29 is 13.3 Å². The molecular weight excluding hydrogens is 320 g/mol. The zero-order chi connectivity index (χ0) is 17.0. The van der Waals surface area contributed by atoms with E-state index < -0.39 is 11.3 Å². The molecule has 0 N–H and O–H groups in total. The quantitative estimate of drug-likeness (QED) is 0.428. The summed E-state index contributed by atoms with van der Waals surface area (Å²) in [5.41, 5.74) is 0.871. The summed E-state index contributed by atoms with van der Waals surface area (Å²) in [6.45, 7) is 0. The van der Waals surface area contributed by atoms with Crippen LogP contribution in [0.1, 0.15) is 0 Å². The molecule has 0 fully saturated rings. The van der Waals surface area contributed by atoms with Crippen molar-refractivity contribution in [1.82, 2.24) is 0 Å². The van der Waals surface area contributed by atoms with E-state index in [0.717, 1.165) is 5.39 Å². The van der Waals surface area contributed by atoms with Crippen LogP contribution < -0.4 is 11.3 Å². The van der Waals surface area contributed by atoms with Crippen molar-refractivity contribution >= 4 is 32.9 Å². The first-order valence-electron chi connectivity index (χ1n) is 7.69. The molecule has 0 spiro atoms. The molecule has 0 aliphatic carbocycles. The van der Waals surface area contributed by atoms with Gasteiger partial charge in [0.05, 0.1) is 10.9 Å². The molecule has 0 bridgehead atoms. The van der Waals surface area contributed by atoms with E-state index in [0.29, 0.717) is 27.7 Å². The number of benzene rings is 2. The van der Waals surface area contributed by atoms with Crippen LogP contribution in [0.15, 0.2) is 83.7 Å². The molecule has 0 saturated heterocycles. The molecule has 5 rings (SSSR count). The Morgan fingerprint density at radius 1 is 0.720 bits per heavy atom. The maximum atomic E-state index is 12.5. The van der Waals surface area contributed by atoms with E-state index >= 15 is 0 Å². The first-order chi connectivity index (χ1) is 12.2. The predicted molar refractivity (Wildman–Crippen MR) is 93.7 cm³/mol. The van der Waals surface area contributed by atoms with E-state index in [-0.39, 0.29) is 10.9 Å². The van der Waals surface area contributed by atoms with Crippen LogP contribution in [0.5, 0.6) is 0 Å². The molecule has 3 aromatic heterocycles. The molecule has 0 aliphatic rings. The van der Waals surface area contributed by atoms with Gasteiger partial charge in [-0.3, -0.25) is 0 Å². The lowest BCUT2D eigenvalue weighted by Gasteiger charge is -2.01. The summed E-state index contributed by atoms with van der Waals surface area (Å²) in [7, 11) is 0. The molecule has 0 saturated carbocycles. The Hall–Kier alpha value is -3.60. The third kappa shape index (κ3) is 1.96. The molecule has 0 atom stereocenters. The third-order valence-electron chi connectivity index (χ3n) is 4.26. The number of rotatable bonds is 1. The van der Waals surface area contributed by atoms with Crippen LogP contribution in [-0.2, 0) is 0 Å². The summed E-state index contributed by atoms with van der Waals surface area (Å²) in [6, 6.07) is 16.0. The van der Waals surface area contributed by atoms with Gasteiger partial charge in [0.25, 0.3) is 0 Å². The molecule has 2 aromatic carbocycles. The average molecular weight is 330 g/mol. The number of hydrogen-bond donors (Lipinski definition) is 0. The van der Waals surface area contributed by atoms with E-state index in [1.807, 2.05) is 18.2 Å². The van der Waals surface area contributed by atoms with Crippen molar-refractivity contribution in [2.45, 2.75) is 0 Å². The zero-order valence-electron chi connectivity index (χ0n) is 12.8. The topological polar surface area (TPSA) is 73.6 Å². The van der Waals surface area contributed by atoms with Gasteiger partial charge in [0.1, 0.15) is 22.8 Å². The van der Waals surface area contributed by atoms with Crippen LogP contribution in [0.25, 0.3) is 44.0 Å². The summed E-state index contributed by atoms with van der Waals surface area (Å²) >= 11 is 0. The molecule has 0 aliphatic heterocycles. The first kappa shape index (κ1) is 13.8. The van der Waals surface area contributed by atoms with Gasteiger partial charge >= 0.3 is 11.3 Å². The lowest BCUT2D eigenvalue weighted by atomic mass is 10.1. The van der Waals surface area contributed by atoms with E-state index in [1.54, 1.807) is 36.4 Å². The number of hydrogen-bond acceptors (Lipinski definition) is 5. The lowest BCUT2D eigenvalue weighted by Crippen LogP contribution is -2.05. The predicted octanol–water partition coefficient (Wildman–Crippen LogP) is 4.31. The van der Waals surface area contributed by atoms with Gasteiger partial charge in [-0.15, -0.1) is 0 Å². The Morgan fingerprint density at radius 2 is 1.44 bits per heavy atom. The van der Waals surface area contributed by atoms with Gasteiger partial charge < -0.3 is 13.3 Å². The second-order valence-corrected chi connectivity index (χ2v) is 5.72. The minimum Gasteiger partial charge on any atom is -0.463 e. The summed E-state index contributed by atoms with van der Waals surface area (Å²) in [4.78, 5) is 24.9. The summed E-state index contributed by atoms with van der Waals surface area (Å²) in [5, 5.41) is 1.67. The molecule has 3 heterocycles. The number of fused-ring (bicyclic) bond motifs is 4. The van der Waals surface area contributed by atoms with E-state index in [2.05, 4.69) is 0 Å². The standard InChI is InChI=1S/C20H10O5/c21-19-13(9-11-5-1-3-7-15(11)24-19)14-10-23-18-12-6-2-4-8-16(12)25-20(22)17(14)18/h1-10H. The highest BCUT2D eigenvalue weighted by Gasteiger charge is 2.19. The van der Waals surface area contributed by atoms with Crippen molar-refractivity contribution in [2.24, 2.45) is 0 Å². The second-order valence-electron chi connectivity index (χ2n) is 5.72. The Kier molecular flexibility index (Phi) is 2.73. The van der Waals surface area contributed by atoms with Crippen LogP contribution >= 0.6 is 0 Å². The molecule has 5 aromatic rings.